The molecule has 1 N–H and O–H groups in total. The van der Waals surface area contributed by atoms with Gasteiger partial charge in [0.15, 0.2) is 0 Å². The van der Waals surface area contributed by atoms with E-state index in [9.17, 15) is 0 Å². The first-order chi connectivity index (χ1) is 10.2. The van der Waals surface area contributed by atoms with Gasteiger partial charge in [-0.15, -0.1) is 0 Å². The standard InChI is InChI=1S/C18H27NO2/c1-3-11-19-17(18(2)10-5-12-20-18)14-6-4-7-16(13-14)21-15-8-9-15/h4,6-7,13,15,17,19H,3,5,8-12H2,1-2H3. The highest BCUT2D eigenvalue weighted by Crippen LogP contribution is 2.38. The smallest absolute Gasteiger partial charge is 0.120 e. The van der Waals surface area contributed by atoms with Gasteiger partial charge in [0.05, 0.1) is 17.7 Å². The number of rotatable bonds is 7. The van der Waals surface area contributed by atoms with E-state index in [0.717, 1.165) is 38.2 Å². The van der Waals surface area contributed by atoms with Crippen molar-refractivity contribution in [3.8, 4) is 5.75 Å². The van der Waals surface area contributed by atoms with Crippen LogP contribution < -0.4 is 10.1 Å². The molecule has 2 aliphatic rings. The minimum absolute atomic E-state index is 0.104. The third-order valence-corrected chi connectivity index (χ3v) is 4.48. The van der Waals surface area contributed by atoms with E-state index in [1.807, 2.05) is 0 Å². The molecule has 21 heavy (non-hydrogen) atoms. The van der Waals surface area contributed by atoms with E-state index in [1.54, 1.807) is 0 Å². The number of benzene rings is 1. The summed E-state index contributed by atoms with van der Waals surface area (Å²) in [6.45, 7) is 6.33. The largest absolute Gasteiger partial charge is 0.490 e. The van der Waals surface area contributed by atoms with E-state index in [1.165, 1.54) is 18.4 Å². The Hall–Kier alpha value is -1.06. The molecule has 3 rings (SSSR count). The third kappa shape index (κ3) is 3.58. The highest BCUT2D eigenvalue weighted by atomic mass is 16.5. The summed E-state index contributed by atoms with van der Waals surface area (Å²) in [6, 6.07) is 8.80. The molecule has 3 heteroatoms. The summed E-state index contributed by atoms with van der Waals surface area (Å²) in [7, 11) is 0. The first-order valence-corrected chi connectivity index (χ1v) is 8.35. The van der Waals surface area contributed by atoms with Crippen LogP contribution in [0.4, 0.5) is 0 Å². The second-order valence-electron chi connectivity index (χ2n) is 6.54. The molecule has 1 saturated carbocycles. The van der Waals surface area contributed by atoms with Crippen molar-refractivity contribution in [1.29, 1.82) is 0 Å². The first kappa shape index (κ1) is 14.9. The van der Waals surface area contributed by atoms with Crippen molar-refractivity contribution in [2.45, 2.75) is 63.7 Å². The molecule has 0 spiro atoms. The number of hydrogen-bond donors (Lipinski definition) is 1. The molecule has 2 atom stereocenters. The molecular formula is C18H27NO2. The van der Waals surface area contributed by atoms with Crippen LogP contribution >= 0.6 is 0 Å². The summed E-state index contributed by atoms with van der Waals surface area (Å²) in [5, 5.41) is 3.68. The molecule has 2 unspecified atom stereocenters. The molecule has 116 valence electrons. The molecule has 1 saturated heterocycles. The maximum atomic E-state index is 6.08. The maximum absolute atomic E-state index is 6.08. The van der Waals surface area contributed by atoms with Gasteiger partial charge in [-0.2, -0.15) is 0 Å². The van der Waals surface area contributed by atoms with Gasteiger partial charge in [0.25, 0.3) is 0 Å². The van der Waals surface area contributed by atoms with Crippen molar-refractivity contribution in [2.75, 3.05) is 13.2 Å². The average Bonchev–Trinajstić information content (AvgIpc) is 3.18. The molecule has 1 heterocycles. The zero-order valence-electron chi connectivity index (χ0n) is 13.2. The van der Waals surface area contributed by atoms with Crippen LogP contribution in [0.15, 0.2) is 24.3 Å². The SMILES string of the molecule is CCCNC(c1cccc(OC2CC2)c1)C1(C)CCCO1. The van der Waals surface area contributed by atoms with Crippen LogP contribution in [0.2, 0.25) is 0 Å². The molecule has 0 radical (unpaired) electrons. The second kappa shape index (κ2) is 6.37. The van der Waals surface area contributed by atoms with E-state index in [-0.39, 0.29) is 11.6 Å². The molecule has 2 fully saturated rings. The molecule has 0 bridgehead atoms. The van der Waals surface area contributed by atoms with Gasteiger partial charge in [0.2, 0.25) is 0 Å². The highest BCUT2D eigenvalue weighted by molar-refractivity contribution is 5.32. The Morgan fingerprint density at radius 3 is 2.95 bits per heavy atom. The fraction of sp³-hybridized carbons (Fsp3) is 0.667. The Morgan fingerprint density at radius 1 is 1.43 bits per heavy atom. The Labute approximate surface area is 128 Å². The molecule has 1 aromatic carbocycles. The lowest BCUT2D eigenvalue weighted by molar-refractivity contribution is -0.0125. The summed E-state index contributed by atoms with van der Waals surface area (Å²) in [6.07, 6.45) is 6.23. The average molecular weight is 289 g/mol. The lowest BCUT2D eigenvalue weighted by Gasteiger charge is -2.34. The number of nitrogens with one attached hydrogen (secondary N) is 1. The van der Waals surface area contributed by atoms with Crippen LogP contribution in [0.3, 0.4) is 0 Å². The molecular weight excluding hydrogens is 262 g/mol. The summed E-state index contributed by atoms with van der Waals surface area (Å²) in [5.41, 5.74) is 1.18. The normalized spacial score (nSPS) is 26.8. The minimum Gasteiger partial charge on any atom is -0.490 e. The van der Waals surface area contributed by atoms with Gasteiger partial charge in [0, 0.05) is 6.61 Å². The van der Waals surface area contributed by atoms with Crippen LogP contribution in [0, 0.1) is 0 Å². The maximum Gasteiger partial charge on any atom is 0.120 e. The highest BCUT2D eigenvalue weighted by Gasteiger charge is 2.39. The lowest BCUT2D eigenvalue weighted by atomic mass is 9.87. The van der Waals surface area contributed by atoms with E-state index in [0.29, 0.717) is 6.10 Å². The molecule has 1 aliphatic heterocycles. The van der Waals surface area contributed by atoms with Gasteiger partial charge in [-0.05, 0) is 63.3 Å². The van der Waals surface area contributed by atoms with Crippen molar-refractivity contribution in [1.82, 2.24) is 5.32 Å². The predicted octanol–water partition coefficient (Wildman–Crippen LogP) is 3.84. The van der Waals surface area contributed by atoms with Gasteiger partial charge < -0.3 is 14.8 Å². The van der Waals surface area contributed by atoms with Gasteiger partial charge in [0.1, 0.15) is 5.75 Å². The second-order valence-corrected chi connectivity index (χ2v) is 6.54. The Kier molecular flexibility index (Phi) is 4.51. The molecule has 0 amide bonds. The van der Waals surface area contributed by atoms with Crippen molar-refractivity contribution in [3.63, 3.8) is 0 Å². The zero-order valence-corrected chi connectivity index (χ0v) is 13.2. The Morgan fingerprint density at radius 2 is 2.29 bits per heavy atom. The van der Waals surface area contributed by atoms with Crippen LogP contribution in [-0.4, -0.2) is 24.9 Å². The topological polar surface area (TPSA) is 30.5 Å². The van der Waals surface area contributed by atoms with Gasteiger partial charge in [-0.3, -0.25) is 0 Å². The molecule has 1 aliphatic carbocycles. The quantitative estimate of drug-likeness (QED) is 0.827. The van der Waals surface area contributed by atoms with Crippen molar-refractivity contribution in [3.05, 3.63) is 29.8 Å². The molecule has 3 nitrogen and oxygen atoms in total. The van der Waals surface area contributed by atoms with Crippen LogP contribution in [-0.2, 0) is 4.74 Å². The fourth-order valence-electron chi connectivity index (χ4n) is 3.15. The van der Waals surface area contributed by atoms with Gasteiger partial charge >= 0.3 is 0 Å². The van der Waals surface area contributed by atoms with Crippen LogP contribution in [0.5, 0.6) is 5.75 Å². The number of hydrogen-bond acceptors (Lipinski definition) is 3. The predicted molar refractivity (Wildman–Crippen MR) is 84.7 cm³/mol. The summed E-state index contributed by atoms with van der Waals surface area (Å²) < 4.78 is 12.0. The van der Waals surface area contributed by atoms with E-state index in [4.69, 9.17) is 9.47 Å². The summed E-state index contributed by atoms with van der Waals surface area (Å²) >= 11 is 0. The van der Waals surface area contributed by atoms with Crippen LogP contribution in [0.1, 0.15) is 57.6 Å². The molecule has 0 aromatic heterocycles. The van der Waals surface area contributed by atoms with Crippen molar-refractivity contribution in [2.24, 2.45) is 0 Å². The summed E-state index contributed by atoms with van der Waals surface area (Å²) in [5.74, 6) is 1.000. The Balaban J connectivity index is 1.80. The fourth-order valence-corrected chi connectivity index (χ4v) is 3.15. The Bertz CT molecular complexity index is 464. The van der Waals surface area contributed by atoms with E-state index in [2.05, 4.69) is 43.4 Å². The third-order valence-electron chi connectivity index (χ3n) is 4.48. The van der Waals surface area contributed by atoms with Gasteiger partial charge in [-0.25, -0.2) is 0 Å². The molecule has 1 aromatic rings. The summed E-state index contributed by atoms with van der Waals surface area (Å²) in [4.78, 5) is 0. The first-order valence-electron chi connectivity index (χ1n) is 8.35. The van der Waals surface area contributed by atoms with Gasteiger partial charge in [-0.1, -0.05) is 19.1 Å². The van der Waals surface area contributed by atoms with E-state index < -0.39 is 0 Å². The van der Waals surface area contributed by atoms with Crippen molar-refractivity contribution < 1.29 is 9.47 Å². The lowest BCUT2D eigenvalue weighted by Crippen LogP contribution is -2.41. The minimum atomic E-state index is -0.104. The zero-order chi connectivity index (χ0) is 14.7. The van der Waals surface area contributed by atoms with Crippen LogP contribution in [0.25, 0.3) is 0 Å². The van der Waals surface area contributed by atoms with E-state index >= 15 is 0 Å². The number of ether oxygens (including phenoxy) is 2. The van der Waals surface area contributed by atoms with Crippen molar-refractivity contribution >= 4 is 0 Å². The monoisotopic (exact) mass is 289 g/mol.